The fourth-order valence-electron chi connectivity index (χ4n) is 2.57. The Kier molecular flexibility index (Phi) is 3.87. The molecule has 18 heavy (non-hydrogen) atoms. The highest BCUT2D eigenvalue weighted by atomic mass is 16.5. The third-order valence-electron chi connectivity index (χ3n) is 3.92. The number of hydrogen-bond acceptors (Lipinski definition) is 4. The zero-order valence-electron chi connectivity index (χ0n) is 10.4. The van der Waals surface area contributed by atoms with Gasteiger partial charge in [-0.15, -0.1) is 0 Å². The largest absolute Gasteiger partial charge is 0.481 e. The van der Waals surface area contributed by atoms with Gasteiger partial charge in [0.2, 0.25) is 5.91 Å². The number of hydrogen-bond donors (Lipinski definition) is 3. The van der Waals surface area contributed by atoms with E-state index in [0.29, 0.717) is 38.7 Å². The summed E-state index contributed by atoms with van der Waals surface area (Å²) in [5.41, 5.74) is 5.06. The molecule has 0 aromatic carbocycles. The van der Waals surface area contributed by atoms with Gasteiger partial charge in [-0.2, -0.15) is 0 Å². The molecule has 0 spiro atoms. The van der Waals surface area contributed by atoms with Crippen LogP contribution in [0.25, 0.3) is 0 Å². The number of carbonyl (C=O) groups is 2. The monoisotopic (exact) mass is 256 g/mol. The lowest BCUT2D eigenvalue weighted by atomic mass is 9.85. The summed E-state index contributed by atoms with van der Waals surface area (Å²) >= 11 is 0. The molecule has 1 amide bonds. The van der Waals surface area contributed by atoms with Crippen LogP contribution in [0.4, 0.5) is 0 Å². The Bertz CT molecular complexity index is 331. The molecule has 6 nitrogen and oxygen atoms in total. The maximum Gasteiger partial charge on any atom is 0.306 e. The number of ether oxygens (including phenoxy) is 1. The molecule has 1 aliphatic carbocycles. The quantitative estimate of drug-likeness (QED) is 0.652. The van der Waals surface area contributed by atoms with Crippen molar-refractivity contribution < 1.29 is 19.4 Å². The van der Waals surface area contributed by atoms with Crippen molar-refractivity contribution in [3.8, 4) is 0 Å². The van der Waals surface area contributed by atoms with Crippen LogP contribution in [0.5, 0.6) is 0 Å². The van der Waals surface area contributed by atoms with E-state index in [2.05, 4.69) is 5.32 Å². The molecular formula is C12H20N2O4. The van der Waals surface area contributed by atoms with Crippen molar-refractivity contribution in [3.05, 3.63) is 0 Å². The lowest BCUT2D eigenvalue weighted by Gasteiger charge is -2.30. The van der Waals surface area contributed by atoms with Crippen molar-refractivity contribution >= 4 is 11.9 Å². The normalized spacial score (nSPS) is 36.3. The number of nitrogens with one attached hydrogen (secondary N) is 1. The fraction of sp³-hybridized carbons (Fsp3) is 0.833. The highest BCUT2D eigenvalue weighted by Crippen LogP contribution is 2.25. The predicted octanol–water partition coefficient (Wildman–Crippen LogP) is -0.136. The smallest absolute Gasteiger partial charge is 0.306 e. The van der Waals surface area contributed by atoms with Gasteiger partial charge in [0.1, 0.15) is 5.54 Å². The first-order valence-electron chi connectivity index (χ1n) is 6.42. The number of aliphatic carboxylic acids is 1. The van der Waals surface area contributed by atoms with Crippen LogP contribution in [-0.4, -0.2) is 41.8 Å². The lowest BCUT2D eigenvalue weighted by molar-refractivity contribution is -0.142. The van der Waals surface area contributed by atoms with Crippen LogP contribution in [0, 0.1) is 5.92 Å². The topological polar surface area (TPSA) is 102 Å². The number of nitrogens with two attached hydrogens (primary N) is 1. The zero-order valence-corrected chi connectivity index (χ0v) is 10.4. The third kappa shape index (κ3) is 2.81. The third-order valence-corrected chi connectivity index (χ3v) is 3.92. The molecule has 4 N–H and O–H groups in total. The minimum atomic E-state index is -0.899. The molecule has 0 radical (unpaired) electrons. The predicted molar refractivity (Wildman–Crippen MR) is 63.9 cm³/mol. The zero-order chi connectivity index (χ0) is 13.2. The van der Waals surface area contributed by atoms with Gasteiger partial charge in [0, 0.05) is 12.6 Å². The molecule has 2 aliphatic rings. The average Bonchev–Trinajstić information content (AvgIpc) is 2.78. The number of carboxylic acids is 1. The van der Waals surface area contributed by atoms with Gasteiger partial charge in [-0.1, -0.05) is 0 Å². The van der Waals surface area contributed by atoms with E-state index in [1.165, 1.54) is 0 Å². The first-order chi connectivity index (χ1) is 8.51. The number of carboxylic acid groups (broad SMARTS) is 1. The van der Waals surface area contributed by atoms with Gasteiger partial charge < -0.3 is 20.9 Å². The van der Waals surface area contributed by atoms with Gasteiger partial charge in [-0.25, -0.2) is 0 Å². The van der Waals surface area contributed by atoms with Crippen LogP contribution < -0.4 is 11.1 Å². The second-order valence-corrected chi connectivity index (χ2v) is 5.32. The Morgan fingerprint density at radius 3 is 2.44 bits per heavy atom. The second kappa shape index (κ2) is 5.24. The molecule has 0 aromatic heterocycles. The molecule has 2 fully saturated rings. The van der Waals surface area contributed by atoms with Gasteiger partial charge in [-0.05, 0) is 32.1 Å². The highest BCUT2D eigenvalue weighted by molar-refractivity contribution is 5.86. The van der Waals surface area contributed by atoms with Crippen molar-refractivity contribution in [1.29, 1.82) is 0 Å². The van der Waals surface area contributed by atoms with Crippen LogP contribution in [0.3, 0.4) is 0 Å². The molecule has 1 atom stereocenters. The standard InChI is InChI=1S/C12H20N2O4/c13-12(5-6-18-7-12)11(17)14-9-3-1-8(2-4-9)10(15)16/h8-9H,1-7,13H2,(H,14,17)(H,15,16). The van der Waals surface area contributed by atoms with Crippen molar-refractivity contribution in [2.24, 2.45) is 11.7 Å². The Morgan fingerprint density at radius 1 is 1.28 bits per heavy atom. The molecule has 2 rings (SSSR count). The number of rotatable bonds is 3. The van der Waals surface area contributed by atoms with Gasteiger partial charge in [-0.3, -0.25) is 9.59 Å². The maximum atomic E-state index is 12.0. The summed E-state index contributed by atoms with van der Waals surface area (Å²) in [7, 11) is 0. The van der Waals surface area contributed by atoms with Crippen molar-refractivity contribution in [1.82, 2.24) is 5.32 Å². The average molecular weight is 256 g/mol. The number of amides is 1. The van der Waals surface area contributed by atoms with Crippen molar-refractivity contribution in [3.63, 3.8) is 0 Å². The van der Waals surface area contributed by atoms with E-state index in [9.17, 15) is 9.59 Å². The lowest BCUT2D eigenvalue weighted by Crippen LogP contribution is -2.57. The van der Waals surface area contributed by atoms with E-state index in [1.807, 2.05) is 0 Å². The Labute approximate surface area is 106 Å². The molecule has 1 aliphatic heterocycles. The molecule has 1 heterocycles. The molecule has 0 aromatic rings. The van der Waals surface area contributed by atoms with Gasteiger partial charge >= 0.3 is 5.97 Å². The Hall–Kier alpha value is -1.14. The number of carbonyl (C=O) groups excluding carboxylic acids is 1. The van der Waals surface area contributed by atoms with Gasteiger partial charge in [0.15, 0.2) is 0 Å². The minimum Gasteiger partial charge on any atom is -0.481 e. The van der Waals surface area contributed by atoms with Crippen LogP contribution in [0.1, 0.15) is 32.1 Å². The van der Waals surface area contributed by atoms with Crippen LogP contribution in [-0.2, 0) is 14.3 Å². The second-order valence-electron chi connectivity index (χ2n) is 5.32. The highest BCUT2D eigenvalue weighted by Gasteiger charge is 2.39. The van der Waals surface area contributed by atoms with E-state index in [0.717, 1.165) is 0 Å². The Morgan fingerprint density at radius 2 is 1.94 bits per heavy atom. The maximum absolute atomic E-state index is 12.0. The van der Waals surface area contributed by atoms with Crippen LogP contribution in [0.2, 0.25) is 0 Å². The van der Waals surface area contributed by atoms with Crippen LogP contribution >= 0.6 is 0 Å². The fourth-order valence-corrected chi connectivity index (χ4v) is 2.57. The first-order valence-corrected chi connectivity index (χ1v) is 6.42. The molecule has 0 bridgehead atoms. The summed E-state index contributed by atoms with van der Waals surface area (Å²) in [6, 6.07) is 0.0501. The Balaban J connectivity index is 1.81. The summed E-state index contributed by atoms with van der Waals surface area (Å²) in [4.78, 5) is 22.8. The SMILES string of the molecule is NC1(C(=O)NC2CCC(C(=O)O)CC2)CCOC1. The molecule has 102 valence electrons. The van der Waals surface area contributed by atoms with E-state index in [4.69, 9.17) is 15.6 Å². The van der Waals surface area contributed by atoms with Crippen molar-refractivity contribution in [2.75, 3.05) is 13.2 Å². The molecule has 1 unspecified atom stereocenters. The summed E-state index contributed by atoms with van der Waals surface area (Å²) < 4.78 is 5.16. The first kappa shape index (κ1) is 13.3. The summed E-state index contributed by atoms with van der Waals surface area (Å²) in [6.07, 6.45) is 3.20. The van der Waals surface area contributed by atoms with E-state index in [-0.39, 0.29) is 24.5 Å². The van der Waals surface area contributed by atoms with E-state index in [1.54, 1.807) is 0 Å². The summed E-state index contributed by atoms with van der Waals surface area (Å²) in [6.45, 7) is 0.791. The van der Waals surface area contributed by atoms with Gasteiger partial charge in [0.25, 0.3) is 0 Å². The summed E-state index contributed by atoms with van der Waals surface area (Å²) in [5.74, 6) is -1.17. The molecule has 6 heteroatoms. The van der Waals surface area contributed by atoms with Crippen LogP contribution in [0.15, 0.2) is 0 Å². The molecule has 1 saturated carbocycles. The van der Waals surface area contributed by atoms with E-state index >= 15 is 0 Å². The summed E-state index contributed by atoms with van der Waals surface area (Å²) in [5, 5.41) is 11.8. The molecule has 1 saturated heterocycles. The van der Waals surface area contributed by atoms with E-state index < -0.39 is 11.5 Å². The molecular weight excluding hydrogens is 236 g/mol. The van der Waals surface area contributed by atoms with Gasteiger partial charge in [0.05, 0.1) is 12.5 Å². The minimum absolute atomic E-state index is 0.0501. The van der Waals surface area contributed by atoms with Crippen molar-refractivity contribution in [2.45, 2.75) is 43.7 Å².